The Kier molecular flexibility index (Phi) is 8.23. The molecule has 15 heteroatoms. The molecule has 2 aromatic heterocycles. The van der Waals surface area contributed by atoms with Gasteiger partial charge in [0.2, 0.25) is 5.95 Å². The van der Waals surface area contributed by atoms with E-state index in [1.165, 1.54) is 17.8 Å². The third-order valence-corrected chi connectivity index (χ3v) is 7.82. The van der Waals surface area contributed by atoms with Crippen LogP contribution in [0.2, 0.25) is 0 Å². The molecule has 2 aromatic rings. The molecule has 2 unspecified atom stereocenters. The fourth-order valence-corrected chi connectivity index (χ4v) is 4.97. The first-order valence-corrected chi connectivity index (χ1v) is 12.8. The van der Waals surface area contributed by atoms with E-state index in [1.807, 2.05) is 20.8 Å². The highest BCUT2D eigenvalue weighted by Crippen LogP contribution is 2.40. The Morgan fingerprint density at radius 1 is 1.47 bits per heavy atom. The molecular weight excluding hydrogens is 489 g/mol. The van der Waals surface area contributed by atoms with Crippen molar-refractivity contribution in [1.82, 2.24) is 19.5 Å². The number of nitrogen functional groups attached to an aromatic ring is 1. The highest BCUT2D eigenvalue weighted by molar-refractivity contribution is 8.13. The molecule has 34 heavy (non-hydrogen) atoms. The van der Waals surface area contributed by atoms with E-state index in [1.54, 1.807) is 0 Å². The topological polar surface area (TPSA) is 192 Å². The number of nitrogens with one attached hydrogen (secondary N) is 1. The Bertz CT molecular complexity index is 1120. The molecule has 0 radical (unpaired) electrons. The number of rotatable bonds is 10. The molecule has 0 amide bonds. The maximum absolute atomic E-state index is 12.1. The first-order valence-electron chi connectivity index (χ1n) is 10.6. The smallest absolute Gasteiger partial charge is 0.319 e. The van der Waals surface area contributed by atoms with Crippen molar-refractivity contribution in [3.05, 3.63) is 16.7 Å². The molecule has 190 valence electrons. The fourth-order valence-electron chi connectivity index (χ4n) is 3.28. The first-order chi connectivity index (χ1) is 15.9. The molecule has 3 rings (SSSR count). The molecular formula is C19H30N5O8PS. The van der Waals surface area contributed by atoms with Crippen LogP contribution in [0.3, 0.4) is 0 Å². The van der Waals surface area contributed by atoms with Crippen molar-refractivity contribution >= 4 is 42.2 Å². The Morgan fingerprint density at radius 2 is 2.18 bits per heavy atom. The summed E-state index contributed by atoms with van der Waals surface area (Å²) in [5, 5.41) is 21.5. The number of aliphatic hydroxyl groups is 2. The zero-order valence-corrected chi connectivity index (χ0v) is 21.1. The van der Waals surface area contributed by atoms with Gasteiger partial charge >= 0.3 is 8.25 Å². The third kappa shape index (κ3) is 5.54. The molecule has 1 aliphatic heterocycles. The molecule has 13 nitrogen and oxygen atoms in total. The number of hydrogen-bond donors (Lipinski definition) is 4. The molecule has 0 aliphatic carbocycles. The van der Waals surface area contributed by atoms with Crippen LogP contribution in [-0.2, 0) is 23.1 Å². The van der Waals surface area contributed by atoms with Gasteiger partial charge in [-0.2, -0.15) is 4.98 Å². The van der Waals surface area contributed by atoms with E-state index in [-0.39, 0.29) is 35.4 Å². The molecule has 0 saturated carbocycles. The number of aromatic nitrogens is 4. The number of nitrogens with zero attached hydrogens (tertiary/aromatic N) is 3. The number of imidazole rings is 1. The van der Waals surface area contributed by atoms with E-state index >= 15 is 0 Å². The normalized spacial score (nSPS) is 26.2. The maximum Gasteiger partial charge on any atom is 0.319 e. The van der Waals surface area contributed by atoms with Crippen molar-refractivity contribution in [3.63, 3.8) is 0 Å². The summed E-state index contributed by atoms with van der Waals surface area (Å²) < 4.78 is 29.5. The summed E-state index contributed by atoms with van der Waals surface area (Å²) in [7, 11) is -2.93. The minimum Gasteiger partial charge on any atom is -0.387 e. The number of nitrogens with two attached hydrogens (primary N) is 1. The van der Waals surface area contributed by atoms with Gasteiger partial charge in [-0.3, -0.25) is 23.7 Å². The van der Waals surface area contributed by atoms with Crippen molar-refractivity contribution in [2.24, 2.45) is 5.41 Å². The quantitative estimate of drug-likeness (QED) is 0.256. The summed E-state index contributed by atoms with van der Waals surface area (Å²) in [6.45, 7) is 6.72. The minimum absolute atomic E-state index is 0.0140. The van der Waals surface area contributed by atoms with Crippen LogP contribution in [0.4, 0.5) is 5.95 Å². The van der Waals surface area contributed by atoms with E-state index < -0.39 is 43.3 Å². The Labute approximate surface area is 200 Å². The van der Waals surface area contributed by atoms with Crippen LogP contribution in [0.25, 0.3) is 11.2 Å². The lowest BCUT2D eigenvalue weighted by molar-refractivity contribution is -0.118. The molecule has 5 atom stereocenters. The van der Waals surface area contributed by atoms with Crippen molar-refractivity contribution in [1.29, 1.82) is 0 Å². The summed E-state index contributed by atoms with van der Waals surface area (Å²) in [5.74, 6) is 0.177. The SMILES string of the molecule is CCC(C)(C)C(=O)SCCO[PH](=O)OC[C@H]1OC(n2cnc3c(=O)[nH]c(N)nc32)[C@@](C)(O)[C@H]1O. The Hall–Kier alpha value is -1.80. The van der Waals surface area contributed by atoms with Gasteiger partial charge < -0.3 is 29.7 Å². The van der Waals surface area contributed by atoms with Crippen LogP contribution in [-0.4, -0.2) is 71.6 Å². The number of carbonyl (C=O) groups excluding carboxylic acids is 1. The summed E-state index contributed by atoms with van der Waals surface area (Å²) in [5.41, 5.74) is 2.83. The number of ether oxygens (including phenoxy) is 1. The minimum atomic E-state index is -2.93. The second kappa shape index (κ2) is 10.4. The number of fused-ring (bicyclic) bond motifs is 1. The van der Waals surface area contributed by atoms with Crippen molar-refractivity contribution in [2.75, 3.05) is 24.7 Å². The highest BCUT2D eigenvalue weighted by atomic mass is 32.2. The molecule has 1 fully saturated rings. The van der Waals surface area contributed by atoms with Crippen molar-refractivity contribution < 1.29 is 33.4 Å². The molecule has 5 N–H and O–H groups in total. The fraction of sp³-hybridized carbons (Fsp3) is 0.684. The van der Waals surface area contributed by atoms with Gasteiger partial charge in [-0.05, 0) is 13.3 Å². The van der Waals surface area contributed by atoms with E-state index in [2.05, 4.69) is 15.0 Å². The van der Waals surface area contributed by atoms with E-state index in [0.29, 0.717) is 12.2 Å². The Morgan fingerprint density at radius 3 is 2.85 bits per heavy atom. The number of carbonyl (C=O) groups is 1. The van der Waals surface area contributed by atoms with Crippen LogP contribution in [0.15, 0.2) is 11.1 Å². The predicted molar refractivity (Wildman–Crippen MR) is 126 cm³/mol. The largest absolute Gasteiger partial charge is 0.387 e. The summed E-state index contributed by atoms with van der Waals surface area (Å²) in [6, 6.07) is 0. The number of thioether (sulfide) groups is 1. The van der Waals surface area contributed by atoms with Crippen LogP contribution < -0.4 is 11.3 Å². The van der Waals surface area contributed by atoms with E-state index in [0.717, 1.165) is 11.8 Å². The number of anilines is 1. The van der Waals surface area contributed by atoms with Crippen LogP contribution in [0.5, 0.6) is 0 Å². The second-order valence-corrected chi connectivity index (χ2v) is 10.9. The van der Waals surface area contributed by atoms with Crippen LogP contribution in [0, 0.1) is 5.41 Å². The predicted octanol–water partition coefficient (Wildman–Crippen LogP) is 0.830. The van der Waals surface area contributed by atoms with Gasteiger partial charge in [0.05, 0.1) is 19.5 Å². The van der Waals surface area contributed by atoms with Gasteiger partial charge in [0, 0.05) is 11.2 Å². The third-order valence-electron chi connectivity index (χ3n) is 5.80. The van der Waals surface area contributed by atoms with E-state index in [9.17, 15) is 24.4 Å². The zero-order valence-electron chi connectivity index (χ0n) is 19.3. The van der Waals surface area contributed by atoms with Gasteiger partial charge in [-0.15, -0.1) is 0 Å². The zero-order chi connectivity index (χ0) is 25.3. The molecule has 0 spiro atoms. The van der Waals surface area contributed by atoms with Crippen molar-refractivity contribution in [2.45, 2.75) is 58.2 Å². The number of aliphatic hydroxyl groups excluding tert-OH is 1. The standard InChI is InChI=1S/C19H30N5O8PS/c1-5-18(2,3)16(27)34-7-6-30-33(29)31-8-10-12(25)19(4,28)15(32-10)24-9-21-11-13(24)22-17(20)23-14(11)26/h9-10,12,15,25,28,33H,5-8H2,1-4H3,(H3,20,22,23,26)/t10-,12+,15?,19+/m1/s1. The van der Waals surface area contributed by atoms with Crippen LogP contribution in [0.1, 0.15) is 40.3 Å². The highest BCUT2D eigenvalue weighted by Gasteiger charge is 2.53. The number of aromatic amines is 1. The number of hydrogen-bond acceptors (Lipinski definition) is 12. The summed E-state index contributed by atoms with van der Waals surface area (Å²) in [4.78, 5) is 34.4. The molecule has 3 heterocycles. The van der Waals surface area contributed by atoms with Gasteiger partial charge in [0.25, 0.3) is 5.56 Å². The monoisotopic (exact) mass is 519 g/mol. The maximum atomic E-state index is 12.1. The van der Waals surface area contributed by atoms with Crippen LogP contribution >= 0.6 is 20.0 Å². The van der Waals surface area contributed by atoms with Gasteiger partial charge in [-0.25, -0.2) is 4.98 Å². The summed E-state index contributed by atoms with van der Waals surface area (Å²) >= 11 is 1.11. The van der Waals surface area contributed by atoms with Crippen molar-refractivity contribution in [3.8, 4) is 0 Å². The molecule has 0 aromatic carbocycles. The Balaban J connectivity index is 1.57. The first kappa shape index (κ1) is 26.8. The molecule has 0 bridgehead atoms. The molecule has 1 aliphatic rings. The average molecular weight is 520 g/mol. The van der Waals surface area contributed by atoms with Gasteiger partial charge in [0.15, 0.2) is 22.5 Å². The summed E-state index contributed by atoms with van der Waals surface area (Å²) in [6.07, 6.45) is -1.71. The average Bonchev–Trinajstić information content (AvgIpc) is 3.28. The molecule has 1 saturated heterocycles. The van der Waals surface area contributed by atoms with E-state index in [4.69, 9.17) is 19.5 Å². The lowest BCUT2D eigenvalue weighted by Gasteiger charge is -2.27. The van der Waals surface area contributed by atoms with Gasteiger partial charge in [0.1, 0.15) is 17.8 Å². The number of H-pyrrole nitrogens is 1. The van der Waals surface area contributed by atoms with Gasteiger partial charge in [-0.1, -0.05) is 32.5 Å². The second-order valence-electron chi connectivity index (χ2n) is 8.76. The lowest BCUT2D eigenvalue weighted by atomic mass is 9.92. The lowest BCUT2D eigenvalue weighted by Crippen LogP contribution is -2.44.